The van der Waals surface area contributed by atoms with Crippen LogP contribution in [0, 0.1) is 23.4 Å². The van der Waals surface area contributed by atoms with Crippen LogP contribution in [-0.4, -0.2) is 12.7 Å². The van der Waals surface area contributed by atoms with Crippen LogP contribution in [0.5, 0.6) is 0 Å². The highest BCUT2D eigenvalue weighted by molar-refractivity contribution is 5.21. The van der Waals surface area contributed by atoms with Crippen LogP contribution in [-0.2, 0) is 6.42 Å². The predicted molar refractivity (Wildman–Crippen MR) is 53.2 cm³/mol. The van der Waals surface area contributed by atoms with Crippen LogP contribution in [0.2, 0.25) is 0 Å². The molecule has 0 aliphatic carbocycles. The summed E-state index contributed by atoms with van der Waals surface area (Å²) in [6.45, 7) is -0.227. The van der Waals surface area contributed by atoms with Gasteiger partial charge in [0.25, 0.3) is 0 Å². The number of alkyl halides is 3. The quantitative estimate of drug-likeness (QED) is 0.660. The Kier molecular flexibility index (Phi) is 4.61. The van der Waals surface area contributed by atoms with Crippen molar-refractivity contribution in [3.05, 3.63) is 35.1 Å². The molecule has 0 saturated heterocycles. The second kappa shape index (κ2) is 5.60. The number of halogens is 6. The van der Waals surface area contributed by atoms with Crippen LogP contribution >= 0.6 is 0 Å². The largest absolute Gasteiger partial charge is 0.392 e. The Bertz CT molecular complexity index is 415. The summed E-state index contributed by atoms with van der Waals surface area (Å²) >= 11 is 0. The summed E-state index contributed by atoms with van der Waals surface area (Å²) in [5.41, 5.74) is 4.53. The maximum Gasteiger partial charge on any atom is 0.392 e. The fourth-order valence-electron chi connectivity index (χ4n) is 1.57. The van der Waals surface area contributed by atoms with Gasteiger partial charge in [-0.25, -0.2) is 13.2 Å². The summed E-state index contributed by atoms with van der Waals surface area (Å²) in [6, 6.07) is 1.41. The standard InChI is InChI=1S/C11H11F6N/c12-8-2-1-6(9(13)10(8)14)5-7(3-4-18)11(15,16)17/h1-2,7H,3-5,18H2. The Morgan fingerprint density at radius 1 is 1.06 bits per heavy atom. The van der Waals surface area contributed by atoms with Gasteiger partial charge >= 0.3 is 6.18 Å². The molecule has 102 valence electrons. The minimum Gasteiger partial charge on any atom is -0.330 e. The van der Waals surface area contributed by atoms with E-state index in [0.29, 0.717) is 6.07 Å². The van der Waals surface area contributed by atoms with Crippen LogP contribution in [0.4, 0.5) is 26.3 Å². The van der Waals surface area contributed by atoms with Crippen LogP contribution < -0.4 is 5.73 Å². The second-order valence-electron chi connectivity index (χ2n) is 3.85. The van der Waals surface area contributed by atoms with E-state index in [1.165, 1.54) is 0 Å². The van der Waals surface area contributed by atoms with Gasteiger partial charge < -0.3 is 5.73 Å². The van der Waals surface area contributed by atoms with Gasteiger partial charge in [0.1, 0.15) is 0 Å². The SMILES string of the molecule is NCCC(Cc1ccc(F)c(F)c1F)C(F)(F)F. The number of benzene rings is 1. The average molecular weight is 271 g/mol. The first-order valence-corrected chi connectivity index (χ1v) is 5.16. The van der Waals surface area contributed by atoms with Crippen molar-refractivity contribution in [3.8, 4) is 0 Å². The van der Waals surface area contributed by atoms with Crippen LogP contribution in [0.25, 0.3) is 0 Å². The summed E-state index contributed by atoms with van der Waals surface area (Å²) in [5.74, 6) is -6.65. The van der Waals surface area contributed by atoms with E-state index >= 15 is 0 Å². The summed E-state index contributed by atoms with van der Waals surface area (Å²) < 4.78 is 76.4. The molecule has 0 fully saturated rings. The molecule has 0 saturated carbocycles. The number of rotatable bonds is 4. The lowest BCUT2D eigenvalue weighted by Crippen LogP contribution is -2.28. The minimum absolute atomic E-state index is 0.227. The zero-order valence-electron chi connectivity index (χ0n) is 9.20. The van der Waals surface area contributed by atoms with E-state index in [2.05, 4.69) is 0 Å². The maximum atomic E-state index is 13.2. The fraction of sp³-hybridized carbons (Fsp3) is 0.455. The molecule has 0 aromatic heterocycles. The minimum atomic E-state index is -4.56. The van der Waals surface area contributed by atoms with Crippen LogP contribution in [0.1, 0.15) is 12.0 Å². The Labute approximate surface area is 99.6 Å². The van der Waals surface area contributed by atoms with E-state index < -0.39 is 48.0 Å². The third-order valence-electron chi connectivity index (χ3n) is 2.56. The van der Waals surface area contributed by atoms with Crippen molar-refractivity contribution >= 4 is 0 Å². The van der Waals surface area contributed by atoms with E-state index in [1.54, 1.807) is 0 Å². The van der Waals surface area contributed by atoms with Gasteiger partial charge in [-0.3, -0.25) is 0 Å². The molecule has 0 amide bonds. The van der Waals surface area contributed by atoms with Crippen molar-refractivity contribution in [1.29, 1.82) is 0 Å². The first-order valence-electron chi connectivity index (χ1n) is 5.16. The molecule has 1 nitrogen and oxygen atoms in total. The van der Waals surface area contributed by atoms with E-state index in [1.807, 2.05) is 0 Å². The van der Waals surface area contributed by atoms with Crippen LogP contribution in [0.3, 0.4) is 0 Å². The highest BCUT2D eigenvalue weighted by atomic mass is 19.4. The fourth-order valence-corrected chi connectivity index (χ4v) is 1.57. The molecule has 1 rings (SSSR count). The molecule has 1 aromatic rings. The van der Waals surface area contributed by atoms with Crippen molar-refractivity contribution in [3.63, 3.8) is 0 Å². The van der Waals surface area contributed by atoms with E-state index in [9.17, 15) is 26.3 Å². The van der Waals surface area contributed by atoms with Gasteiger partial charge in [-0.15, -0.1) is 0 Å². The Balaban J connectivity index is 2.98. The van der Waals surface area contributed by atoms with Crippen molar-refractivity contribution in [2.45, 2.75) is 19.0 Å². The number of hydrogen-bond acceptors (Lipinski definition) is 1. The molecular formula is C11H11F6N. The van der Waals surface area contributed by atoms with E-state index in [-0.39, 0.29) is 6.54 Å². The molecule has 2 N–H and O–H groups in total. The molecule has 1 unspecified atom stereocenters. The molecule has 0 heterocycles. The molecule has 0 aliphatic rings. The summed E-state index contributed by atoms with van der Waals surface area (Å²) in [4.78, 5) is 0. The number of nitrogens with two attached hydrogens (primary N) is 1. The Morgan fingerprint density at radius 2 is 1.67 bits per heavy atom. The van der Waals surface area contributed by atoms with E-state index in [4.69, 9.17) is 5.73 Å². The average Bonchev–Trinajstić information content (AvgIpc) is 2.27. The summed E-state index contributed by atoms with van der Waals surface area (Å²) in [6.07, 6.45) is -5.72. The van der Waals surface area contributed by atoms with Gasteiger partial charge in [0.2, 0.25) is 0 Å². The van der Waals surface area contributed by atoms with Gasteiger partial charge in [-0.05, 0) is 31.0 Å². The lowest BCUT2D eigenvalue weighted by atomic mass is 9.95. The van der Waals surface area contributed by atoms with Crippen molar-refractivity contribution in [1.82, 2.24) is 0 Å². The molecule has 0 radical (unpaired) electrons. The zero-order valence-corrected chi connectivity index (χ0v) is 9.20. The molecule has 0 spiro atoms. The van der Waals surface area contributed by atoms with Crippen molar-refractivity contribution < 1.29 is 26.3 Å². The molecule has 18 heavy (non-hydrogen) atoms. The second-order valence-corrected chi connectivity index (χ2v) is 3.85. The van der Waals surface area contributed by atoms with Gasteiger partial charge in [0.05, 0.1) is 5.92 Å². The predicted octanol–water partition coefficient (Wildman–Crippen LogP) is 3.17. The maximum absolute atomic E-state index is 13.2. The molecular weight excluding hydrogens is 260 g/mol. The molecule has 0 aliphatic heterocycles. The highest BCUT2D eigenvalue weighted by Crippen LogP contribution is 2.32. The number of hydrogen-bond donors (Lipinski definition) is 1. The Hall–Kier alpha value is -1.24. The third kappa shape index (κ3) is 3.38. The Morgan fingerprint density at radius 3 is 2.17 bits per heavy atom. The normalized spacial score (nSPS) is 13.7. The summed E-state index contributed by atoms with van der Waals surface area (Å²) in [7, 11) is 0. The van der Waals surface area contributed by atoms with Gasteiger partial charge in [0.15, 0.2) is 17.5 Å². The molecule has 1 aromatic carbocycles. The van der Waals surface area contributed by atoms with Crippen molar-refractivity contribution in [2.75, 3.05) is 6.54 Å². The zero-order chi connectivity index (χ0) is 13.9. The van der Waals surface area contributed by atoms with Gasteiger partial charge in [-0.1, -0.05) is 6.07 Å². The lowest BCUT2D eigenvalue weighted by Gasteiger charge is -2.19. The van der Waals surface area contributed by atoms with Crippen LogP contribution in [0.15, 0.2) is 12.1 Å². The molecule has 0 bridgehead atoms. The highest BCUT2D eigenvalue weighted by Gasteiger charge is 2.39. The third-order valence-corrected chi connectivity index (χ3v) is 2.56. The summed E-state index contributed by atoms with van der Waals surface area (Å²) in [5, 5.41) is 0. The first kappa shape index (κ1) is 14.8. The smallest absolute Gasteiger partial charge is 0.330 e. The monoisotopic (exact) mass is 271 g/mol. The first-order chi connectivity index (χ1) is 8.27. The lowest BCUT2D eigenvalue weighted by molar-refractivity contribution is -0.175. The topological polar surface area (TPSA) is 26.0 Å². The van der Waals surface area contributed by atoms with E-state index in [0.717, 1.165) is 6.07 Å². The van der Waals surface area contributed by atoms with Gasteiger partial charge in [-0.2, -0.15) is 13.2 Å². The molecule has 1 atom stereocenters. The van der Waals surface area contributed by atoms with Crippen molar-refractivity contribution in [2.24, 2.45) is 11.7 Å². The van der Waals surface area contributed by atoms with Gasteiger partial charge in [0, 0.05) is 0 Å². The molecule has 7 heteroatoms.